The van der Waals surface area contributed by atoms with Gasteiger partial charge in [0.25, 0.3) is 0 Å². The average molecular weight is 287 g/mol. The summed E-state index contributed by atoms with van der Waals surface area (Å²) >= 11 is 0. The minimum absolute atomic E-state index is 0.177. The molecule has 1 aliphatic heterocycles. The maximum Gasteiger partial charge on any atom is 0.410 e. The molecule has 1 fully saturated rings. The Bertz CT molecular complexity index is 350. The number of aliphatic hydroxyl groups is 1. The van der Waals surface area contributed by atoms with Gasteiger partial charge < -0.3 is 19.5 Å². The van der Waals surface area contributed by atoms with Gasteiger partial charge >= 0.3 is 12.1 Å². The fourth-order valence-electron chi connectivity index (χ4n) is 2.23. The van der Waals surface area contributed by atoms with Gasteiger partial charge in [0.2, 0.25) is 0 Å². The summed E-state index contributed by atoms with van der Waals surface area (Å²) in [7, 11) is 0. The fraction of sp³-hybridized carbons (Fsp3) is 0.857. The second-order valence-corrected chi connectivity index (χ2v) is 6.02. The van der Waals surface area contributed by atoms with Crippen LogP contribution >= 0.6 is 0 Å². The normalized spacial score (nSPS) is 22.8. The molecule has 0 bridgehead atoms. The molecule has 1 heterocycles. The summed E-state index contributed by atoms with van der Waals surface area (Å²) in [4.78, 5) is 24.9. The molecule has 0 saturated carbocycles. The number of amides is 1. The van der Waals surface area contributed by atoms with Gasteiger partial charge in [0.1, 0.15) is 5.60 Å². The SMILES string of the molecule is CCOC(=O)CCC1CC(O)CN1C(=O)OC(C)(C)C. The highest BCUT2D eigenvalue weighted by Gasteiger charge is 2.36. The molecule has 1 amide bonds. The van der Waals surface area contributed by atoms with Crippen molar-refractivity contribution in [2.24, 2.45) is 0 Å². The van der Waals surface area contributed by atoms with Gasteiger partial charge in [-0.25, -0.2) is 4.79 Å². The number of rotatable bonds is 4. The van der Waals surface area contributed by atoms with Crippen LogP contribution in [0.5, 0.6) is 0 Å². The first-order chi connectivity index (χ1) is 9.23. The Morgan fingerprint density at radius 2 is 2.00 bits per heavy atom. The fourth-order valence-corrected chi connectivity index (χ4v) is 2.23. The lowest BCUT2D eigenvalue weighted by atomic mass is 10.1. The quantitative estimate of drug-likeness (QED) is 0.796. The van der Waals surface area contributed by atoms with Crippen LogP contribution in [0.3, 0.4) is 0 Å². The van der Waals surface area contributed by atoms with Crippen LogP contribution in [-0.4, -0.2) is 53.0 Å². The van der Waals surface area contributed by atoms with E-state index in [-0.39, 0.29) is 25.0 Å². The van der Waals surface area contributed by atoms with E-state index in [0.29, 0.717) is 19.4 Å². The number of carbonyl (C=O) groups is 2. The van der Waals surface area contributed by atoms with Gasteiger partial charge in [-0.2, -0.15) is 0 Å². The van der Waals surface area contributed by atoms with Crippen molar-refractivity contribution in [2.45, 2.75) is 64.7 Å². The summed E-state index contributed by atoms with van der Waals surface area (Å²) in [5.41, 5.74) is -0.573. The smallest absolute Gasteiger partial charge is 0.410 e. The zero-order valence-electron chi connectivity index (χ0n) is 12.7. The number of carbonyl (C=O) groups excluding carboxylic acids is 2. The van der Waals surface area contributed by atoms with Gasteiger partial charge in [0.05, 0.1) is 19.3 Å². The zero-order chi connectivity index (χ0) is 15.3. The number of ether oxygens (including phenoxy) is 2. The highest BCUT2D eigenvalue weighted by atomic mass is 16.6. The Balaban J connectivity index is 2.55. The lowest BCUT2D eigenvalue weighted by Gasteiger charge is -2.28. The molecule has 0 spiro atoms. The molecule has 6 nitrogen and oxygen atoms in total. The minimum Gasteiger partial charge on any atom is -0.466 e. The van der Waals surface area contributed by atoms with Crippen molar-refractivity contribution in [3.8, 4) is 0 Å². The van der Waals surface area contributed by atoms with Crippen molar-refractivity contribution in [2.75, 3.05) is 13.2 Å². The maximum atomic E-state index is 12.1. The molecule has 1 rings (SSSR count). The van der Waals surface area contributed by atoms with Crippen LogP contribution in [0.2, 0.25) is 0 Å². The average Bonchev–Trinajstić information content (AvgIpc) is 2.66. The van der Waals surface area contributed by atoms with E-state index in [4.69, 9.17) is 9.47 Å². The van der Waals surface area contributed by atoms with E-state index in [1.165, 1.54) is 4.90 Å². The molecule has 6 heteroatoms. The molecule has 116 valence electrons. The largest absolute Gasteiger partial charge is 0.466 e. The molecule has 1 N–H and O–H groups in total. The lowest BCUT2D eigenvalue weighted by Crippen LogP contribution is -2.40. The predicted octanol–water partition coefficient (Wildman–Crippen LogP) is 1.70. The van der Waals surface area contributed by atoms with Crippen LogP contribution in [-0.2, 0) is 14.3 Å². The molecule has 2 unspecified atom stereocenters. The summed E-state index contributed by atoms with van der Waals surface area (Å²) in [6.45, 7) is 7.75. The molecule has 0 aliphatic carbocycles. The monoisotopic (exact) mass is 287 g/mol. The highest BCUT2D eigenvalue weighted by Crippen LogP contribution is 2.24. The first-order valence-electron chi connectivity index (χ1n) is 7.06. The van der Waals surface area contributed by atoms with E-state index in [9.17, 15) is 14.7 Å². The molecule has 0 aromatic rings. The Hall–Kier alpha value is -1.30. The number of likely N-dealkylation sites (tertiary alicyclic amines) is 1. The van der Waals surface area contributed by atoms with Crippen LogP contribution in [0.25, 0.3) is 0 Å². The number of aliphatic hydroxyl groups excluding tert-OH is 1. The molecule has 0 aromatic carbocycles. The zero-order valence-corrected chi connectivity index (χ0v) is 12.7. The van der Waals surface area contributed by atoms with Crippen molar-refractivity contribution in [1.82, 2.24) is 4.90 Å². The molecular weight excluding hydrogens is 262 g/mol. The van der Waals surface area contributed by atoms with E-state index < -0.39 is 17.8 Å². The Labute approximate surface area is 120 Å². The number of nitrogens with zero attached hydrogens (tertiary/aromatic N) is 1. The number of hydrogen-bond acceptors (Lipinski definition) is 5. The molecule has 1 saturated heterocycles. The number of hydrogen-bond donors (Lipinski definition) is 1. The number of β-amino-alcohol motifs (C(OH)–C–C–N with tert-alkyl or cyclic N) is 1. The van der Waals surface area contributed by atoms with Crippen LogP contribution in [0.1, 0.15) is 47.0 Å². The van der Waals surface area contributed by atoms with E-state index in [0.717, 1.165) is 0 Å². The van der Waals surface area contributed by atoms with Crippen LogP contribution in [0.4, 0.5) is 4.79 Å². The summed E-state index contributed by atoms with van der Waals surface area (Å²) in [6, 6.07) is -0.177. The Kier molecular flexibility index (Phi) is 5.80. The molecular formula is C14H25NO5. The Morgan fingerprint density at radius 3 is 2.55 bits per heavy atom. The molecule has 0 aromatic heterocycles. The highest BCUT2D eigenvalue weighted by molar-refractivity contribution is 5.70. The van der Waals surface area contributed by atoms with Crippen molar-refractivity contribution >= 4 is 12.1 Å². The number of esters is 1. The third kappa shape index (κ3) is 5.36. The summed E-state index contributed by atoms with van der Waals surface area (Å²) < 4.78 is 10.2. The summed E-state index contributed by atoms with van der Waals surface area (Å²) in [6.07, 6.45) is 0.191. The van der Waals surface area contributed by atoms with Gasteiger partial charge in [-0.15, -0.1) is 0 Å². The van der Waals surface area contributed by atoms with E-state index in [1.54, 1.807) is 27.7 Å². The van der Waals surface area contributed by atoms with E-state index in [2.05, 4.69) is 0 Å². The van der Waals surface area contributed by atoms with Crippen molar-refractivity contribution in [3.63, 3.8) is 0 Å². The lowest BCUT2D eigenvalue weighted by molar-refractivity contribution is -0.143. The standard InChI is InChI=1S/C14H25NO5/c1-5-19-12(17)7-6-10-8-11(16)9-15(10)13(18)20-14(2,3)4/h10-11,16H,5-9H2,1-4H3. The first-order valence-corrected chi connectivity index (χ1v) is 7.06. The summed E-state index contributed by atoms with van der Waals surface area (Å²) in [5, 5.41) is 9.72. The Morgan fingerprint density at radius 1 is 1.35 bits per heavy atom. The predicted molar refractivity (Wildman–Crippen MR) is 73.2 cm³/mol. The van der Waals surface area contributed by atoms with Crippen LogP contribution in [0.15, 0.2) is 0 Å². The first kappa shape index (κ1) is 16.8. The van der Waals surface area contributed by atoms with E-state index in [1.807, 2.05) is 0 Å². The molecule has 20 heavy (non-hydrogen) atoms. The van der Waals surface area contributed by atoms with Crippen molar-refractivity contribution in [1.29, 1.82) is 0 Å². The minimum atomic E-state index is -0.573. The molecule has 0 radical (unpaired) electrons. The van der Waals surface area contributed by atoms with Gasteiger partial charge in [-0.05, 0) is 40.5 Å². The van der Waals surface area contributed by atoms with Gasteiger partial charge in [-0.3, -0.25) is 4.79 Å². The molecule has 2 atom stereocenters. The summed E-state index contributed by atoms with van der Waals surface area (Å²) in [5.74, 6) is -0.280. The maximum absolute atomic E-state index is 12.1. The van der Waals surface area contributed by atoms with Crippen LogP contribution in [0, 0.1) is 0 Å². The van der Waals surface area contributed by atoms with Gasteiger partial charge in [0, 0.05) is 12.5 Å². The second kappa shape index (κ2) is 6.92. The van der Waals surface area contributed by atoms with Gasteiger partial charge in [0.15, 0.2) is 0 Å². The van der Waals surface area contributed by atoms with E-state index >= 15 is 0 Å². The third-order valence-corrected chi connectivity index (χ3v) is 3.01. The van der Waals surface area contributed by atoms with Crippen LogP contribution < -0.4 is 0 Å². The van der Waals surface area contributed by atoms with Crippen molar-refractivity contribution in [3.05, 3.63) is 0 Å². The third-order valence-electron chi connectivity index (χ3n) is 3.01. The van der Waals surface area contributed by atoms with Gasteiger partial charge in [-0.1, -0.05) is 0 Å². The molecule has 1 aliphatic rings. The van der Waals surface area contributed by atoms with Crippen molar-refractivity contribution < 1.29 is 24.2 Å². The second-order valence-electron chi connectivity index (χ2n) is 6.02. The topological polar surface area (TPSA) is 76.1 Å².